The van der Waals surface area contributed by atoms with Crippen LogP contribution < -0.4 is 5.32 Å². The molecule has 2 rings (SSSR count). The van der Waals surface area contributed by atoms with Gasteiger partial charge in [0.15, 0.2) is 0 Å². The summed E-state index contributed by atoms with van der Waals surface area (Å²) in [7, 11) is 2.93. The third kappa shape index (κ3) is 3.99. The van der Waals surface area contributed by atoms with Crippen molar-refractivity contribution in [1.82, 2.24) is 19.7 Å². The average Bonchev–Trinajstić information content (AvgIpc) is 2.91. The van der Waals surface area contributed by atoms with Gasteiger partial charge in [-0.2, -0.15) is 5.10 Å². The molecule has 0 saturated carbocycles. The molecule has 0 fully saturated rings. The predicted octanol–water partition coefficient (Wildman–Crippen LogP) is 1.16. The Morgan fingerprint density at radius 2 is 2.19 bits per heavy atom. The lowest BCUT2D eigenvalue weighted by atomic mass is 10.4. The molecule has 0 aliphatic rings. The van der Waals surface area contributed by atoms with Gasteiger partial charge >= 0.3 is 5.97 Å². The second kappa shape index (κ2) is 6.80. The number of carbonyl (C=O) groups is 1. The summed E-state index contributed by atoms with van der Waals surface area (Å²) in [6.45, 7) is 3.02. The van der Waals surface area contributed by atoms with Gasteiger partial charge in [0.25, 0.3) is 0 Å². The van der Waals surface area contributed by atoms with Crippen LogP contribution in [0.1, 0.15) is 16.3 Å². The number of methoxy groups -OCH3 is 2. The standard InChI is InChI=1S/C13H17N5O3/c1-9-6-11(17-12(15-9)13(19)21-3)16-10-7-14-18(8-10)4-5-20-2/h6-8H,4-5H2,1-3H3,(H,15,16,17). The molecule has 0 atom stereocenters. The molecule has 112 valence electrons. The number of ether oxygens (including phenoxy) is 2. The van der Waals surface area contributed by atoms with Crippen molar-refractivity contribution in [2.75, 3.05) is 26.1 Å². The van der Waals surface area contributed by atoms with Crippen molar-refractivity contribution in [1.29, 1.82) is 0 Å². The summed E-state index contributed by atoms with van der Waals surface area (Å²) in [5.41, 5.74) is 1.43. The lowest BCUT2D eigenvalue weighted by molar-refractivity contribution is 0.0586. The summed E-state index contributed by atoms with van der Waals surface area (Å²) in [5, 5.41) is 7.26. The maximum absolute atomic E-state index is 11.5. The molecule has 8 nitrogen and oxygen atoms in total. The first-order valence-electron chi connectivity index (χ1n) is 6.35. The van der Waals surface area contributed by atoms with E-state index in [-0.39, 0.29) is 5.82 Å². The number of aryl methyl sites for hydroxylation is 1. The predicted molar refractivity (Wildman–Crippen MR) is 75.5 cm³/mol. The van der Waals surface area contributed by atoms with E-state index >= 15 is 0 Å². The van der Waals surface area contributed by atoms with Crippen LogP contribution in [0.2, 0.25) is 0 Å². The van der Waals surface area contributed by atoms with Crippen LogP contribution in [0.3, 0.4) is 0 Å². The van der Waals surface area contributed by atoms with Gasteiger partial charge in [0.05, 0.1) is 32.1 Å². The van der Waals surface area contributed by atoms with E-state index < -0.39 is 5.97 Å². The van der Waals surface area contributed by atoms with E-state index in [1.165, 1.54) is 7.11 Å². The van der Waals surface area contributed by atoms with E-state index in [1.807, 2.05) is 6.20 Å². The maximum Gasteiger partial charge on any atom is 0.376 e. The van der Waals surface area contributed by atoms with Gasteiger partial charge in [-0.1, -0.05) is 0 Å². The SMILES string of the molecule is COCCn1cc(Nc2cc(C)nc(C(=O)OC)n2)cn1. The molecular weight excluding hydrogens is 274 g/mol. The molecule has 8 heteroatoms. The summed E-state index contributed by atoms with van der Waals surface area (Å²) in [6, 6.07) is 1.74. The number of esters is 1. The Kier molecular flexibility index (Phi) is 4.83. The monoisotopic (exact) mass is 291 g/mol. The first-order chi connectivity index (χ1) is 10.1. The first-order valence-corrected chi connectivity index (χ1v) is 6.35. The minimum absolute atomic E-state index is 0.0202. The van der Waals surface area contributed by atoms with Crippen LogP contribution in [-0.4, -0.2) is 46.5 Å². The molecule has 0 saturated heterocycles. The van der Waals surface area contributed by atoms with Crippen LogP contribution in [0.25, 0.3) is 0 Å². The smallest absolute Gasteiger partial charge is 0.376 e. The molecule has 2 heterocycles. The number of hydrogen-bond acceptors (Lipinski definition) is 7. The van der Waals surface area contributed by atoms with E-state index in [2.05, 4.69) is 25.1 Å². The molecule has 0 radical (unpaired) electrons. The maximum atomic E-state index is 11.5. The molecule has 0 aromatic carbocycles. The molecule has 0 unspecified atom stereocenters. The van der Waals surface area contributed by atoms with Crippen molar-refractivity contribution >= 4 is 17.5 Å². The van der Waals surface area contributed by atoms with Gasteiger partial charge in [0, 0.05) is 25.1 Å². The Morgan fingerprint density at radius 1 is 1.38 bits per heavy atom. The number of nitrogens with zero attached hydrogens (tertiary/aromatic N) is 4. The van der Waals surface area contributed by atoms with Gasteiger partial charge in [-0.25, -0.2) is 14.8 Å². The highest BCUT2D eigenvalue weighted by molar-refractivity contribution is 5.85. The van der Waals surface area contributed by atoms with Crippen LogP contribution in [0, 0.1) is 6.92 Å². The van der Waals surface area contributed by atoms with Crippen LogP contribution in [-0.2, 0) is 16.0 Å². The third-order valence-electron chi connectivity index (χ3n) is 2.65. The fourth-order valence-electron chi connectivity index (χ4n) is 1.70. The minimum atomic E-state index is -0.572. The Morgan fingerprint density at radius 3 is 2.90 bits per heavy atom. The van der Waals surface area contributed by atoms with Crippen molar-refractivity contribution in [2.24, 2.45) is 0 Å². The van der Waals surface area contributed by atoms with E-state index in [9.17, 15) is 4.79 Å². The molecule has 1 N–H and O–H groups in total. The van der Waals surface area contributed by atoms with E-state index in [0.717, 1.165) is 5.69 Å². The van der Waals surface area contributed by atoms with E-state index in [4.69, 9.17) is 4.74 Å². The molecule has 0 bridgehead atoms. The summed E-state index contributed by atoms with van der Waals surface area (Å²) in [6.07, 6.45) is 3.50. The normalized spacial score (nSPS) is 10.4. The van der Waals surface area contributed by atoms with Crippen LogP contribution in [0.4, 0.5) is 11.5 Å². The lowest BCUT2D eigenvalue weighted by Gasteiger charge is -2.05. The Balaban J connectivity index is 2.13. The molecule has 0 spiro atoms. The molecule has 0 amide bonds. The van der Waals surface area contributed by atoms with Gasteiger partial charge in [-0.05, 0) is 6.92 Å². The third-order valence-corrected chi connectivity index (χ3v) is 2.65. The van der Waals surface area contributed by atoms with Crippen LogP contribution in [0.5, 0.6) is 0 Å². The first kappa shape index (κ1) is 14.9. The number of aromatic nitrogens is 4. The lowest BCUT2D eigenvalue weighted by Crippen LogP contribution is -2.10. The van der Waals surface area contributed by atoms with Crippen LogP contribution in [0.15, 0.2) is 18.5 Å². The average molecular weight is 291 g/mol. The number of nitrogens with one attached hydrogen (secondary N) is 1. The molecule has 2 aromatic rings. The molecule has 0 aliphatic carbocycles. The highest BCUT2D eigenvalue weighted by atomic mass is 16.5. The quantitative estimate of drug-likeness (QED) is 0.798. The van der Waals surface area contributed by atoms with Gasteiger partial charge in [-0.15, -0.1) is 0 Å². The minimum Gasteiger partial charge on any atom is -0.463 e. The summed E-state index contributed by atoms with van der Waals surface area (Å²) in [4.78, 5) is 19.6. The summed E-state index contributed by atoms with van der Waals surface area (Å²) < 4.78 is 11.4. The molecule has 0 aliphatic heterocycles. The van der Waals surface area contributed by atoms with Crippen molar-refractivity contribution in [2.45, 2.75) is 13.5 Å². The van der Waals surface area contributed by atoms with E-state index in [1.54, 1.807) is 31.0 Å². The number of carbonyl (C=O) groups excluding carboxylic acids is 1. The van der Waals surface area contributed by atoms with Gasteiger partial charge in [-0.3, -0.25) is 4.68 Å². The van der Waals surface area contributed by atoms with Crippen molar-refractivity contribution in [3.05, 3.63) is 30.0 Å². The molecule has 21 heavy (non-hydrogen) atoms. The number of anilines is 2. The molecule has 2 aromatic heterocycles. The van der Waals surface area contributed by atoms with E-state index in [0.29, 0.717) is 24.7 Å². The molecular formula is C13H17N5O3. The van der Waals surface area contributed by atoms with Crippen molar-refractivity contribution in [3.63, 3.8) is 0 Å². The van der Waals surface area contributed by atoms with Gasteiger partial charge < -0.3 is 14.8 Å². The van der Waals surface area contributed by atoms with Crippen molar-refractivity contribution < 1.29 is 14.3 Å². The second-order valence-electron chi connectivity index (χ2n) is 4.32. The Hall–Kier alpha value is -2.48. The zero-order valence-electron chi connectivity index (χ0n) is 12.2. The highest BCUT2D eigenvalue weighted by Gasteiger charge is 2.11. The highest BCUT2D eigenvalue weighted by Crippen LogP contribution is 2.14. The largest absolute Gasteiger partial charge is 0.463 e. The Bertz CT molecular complexity index is 626. The zero-order chi connectivity index (χ0) is 15.2. The topological polar surface area (TPSA) is 91.2 Å². The number of rotatable bonds is 6. The van der Waals surface area contributed by atoms with Crippen LogP contribution >= 0.6 is 0 Å². The Labute approximate surface area is 122 Å². The fourth-order valence-corrected chi connectivity index (χ4v) is 1.70. The summed E-state index contributed by atoms with van der Waals surface area (Å²) in [5.74, 6) is -0.0430. The second-order valence-corrected chi connectivity index (χ2v) is 4.32. The van der Waals surface area contributed by atoms with Gasteiger partial charge in [0.1, 0.15) is 5.82 Å². The summed E-state index contributed by atoms with van der Waals surface area (Å²) >= 11 is 0. The fraction of sp³-hybridized carbons (Fsp3) is 0.385. The zero-order valence-corrected chi connectivity index (χ0v) is 12.2. The van der Waals surface area contributed by atoms with Gasteiger partial charge in [0.2, 0.25) is 5.82 Å². The van der Waals surface area contributed by atoms with Crippen molar-refractivity contribution in [3.8, 4) is 0 Å². The number of hydrogen-bond donors (Lipinski definition) is 1.